The van der Waals surface area contributed by atoms with Gasteiger partial charge in [-0.15, -0.1) is 5.10 Å². The van der Waals surface area contributed by atoms with Crippen molar-refractivity contribution in [2.45, 2.75) is 13.0 Å². The van der Waals surface area contributed by atoms with Crippen LogP contribution in [0.1, 0.15) is 6.42 Å². The Bertz CT molecular complexity index is 661. The molecule has 0 saturated heterocycles. The number of anilines is 1. The summed E-state index contributed by atoms with van der Waals surface area (Å²) in [4.78, 5) is 8.20. The summed E-state index contributed by atoms with van der Waals surface area (Å²) in [7, 11) is 0. The van der Waals surface area contributed by atoms with E-state index in [9.17, 15) is 0 Å². The summed E-state index contributed by atoms with van der Waals surface area (Å²) in [6.07, 6.45) is 6.05. The van der Waals surface area contributed by atoms with E-state index < -0.39 is 0 Å². The number of aromatic amines is 1. The quantitative estimate of drug-likeness (QED) is 0.536. The smallest absolute Gasteiger partial charge is 0.226 e. The van der Waals surface area contributed by atoms with Gasteiger partial charge < -0.3 is 5.32 Å². The van der Waals surface area contributed by atoms with Crippen LogP contribution in [0.3, 0.4) is 0 Å². The van der Waals surface area contributed by atoms with Crippen LogP contribution in [0.5, 0.6) is 0 Å². The first kappa shape index (κ1) is 11.8. The summed E-state index contributed by atoms with van der Waals surface area (Å²) in [5.74, 6) is 0.683. The van der Waals surface area contributed by atoms with Crippen molar-refractivity contribution in [2.75, 3.05) is 11.9 Å². The number of nitrogens with zero attached hydrogens (tertiary/aromatic N) is 6. The molecule has 0 amide bonds. The molecule has 3 rings (SSSR count). The molecule has 0 atom stereocenters. The van der Waals surface area contributed by atoms with Gasteiger partial charge in [0, 0.05) is 19.3 Å². The summed E-state index contributed by atoms with van der Waals surface area (Å²) < 4.78 is 1.78. The highest BCUT2D eigenvalue weighted by Crippen LogP contribution is 2.19. The number of aryl methyl sites for hydroxylation is 1. The fraction of sp³-hybridized carbons (Fsp3) is 0.300. The summed E-state index contributed by atoms with van der Waals surface area (Å²) in [6.45, 7) is 1.54. The zero-order valence-electron chi connectivity index (χ0n) is 9.91. The molecule has 8 nitrogen and oxygen atoms in total. The topological polar surface area (TPSA) is 97.2 Å². The molecule has 3 heterocycles. The van der Waals surface area contributed by atoms with Crippen LogP contribution in [-0.4, -0.2) is 41.7 Å². The van der Waals surface area contributed by atoms with Gasteiger partial charge in [-0.3, -0.25) is 9.78 Å². The lowest BCUT2D eigenvalue weighted by Gasteiger charge is -2.06. The summed E-state index contributed by atoms with van der Waals surface area (Å²) in [6, 6.07) is 0. The van der Waals surface area contributed by atoms with Crippen LogP contribution in [0.25, 0.3) is 11.0 Å². The van der Waals surface area contributed by atoms with E-state index in [0.29, 0.717) is 11.5 Å². The van der Waals surface area contributed by atoms with Crippen LogP contribution in [0, 0.1) is 0 Å². The molecule has 0 aliphatic rings. The molecule has 0 saturated carbocycles. The zero-order valence-corrected chi connectivity index (χ0v) is 10.7. The molecule has 0 bridgehead atoms. The van der Waals surface area contributed by atoms with E-state index in [1.54, 1.807) is 17.1 Å². The molecule has 98 valence electrons. The maximum Gasteiger partial charge on any atom is 0.226 e. The number of hydrogen-bond donors (Lipinski definition) is 2. The Morgan fingerprint density at radius 1 is 1.37 bits per heavy atom. The van der Waals surface area contributed by atoms with Crippen molar-refractivity contribution < 1.29 is 0 Å². The van der Waals surface area contributed by atoms with Crippen molar-refractivity contribution in [3.05, 3.63) is 23.9 Å². The molecule has 0 aliphatic heterocycles. The number of halogens is 1. The van der Waals surface area contributed by atoms with Crippen molar-refractivity contribution in [1.82, 2.24) is 35.2 Å². The minimum atomic E-state index is 0.190. The van der Waals surface area contributed by atoms with Gasteiger partial charge in [-0.05, 0) is 18.0 Å². The van der Waals surface area contributed by atoms with Gasteiger partial charge >= 0.3 is 0 Å². The van der Waals surface area contributed by atoms with Crippen LogP contribution >= 0.6 is 11.6 Å². The average molecular weight is 279 g/mol. The molecule has 0 aromatic carbocycles. The van der Waals surface area contributed by atoms with Gasteiger partial charge in [-0.1, -0.05) is 5.21 Å². The van der Waals surface area contributed by atoms with Crippen LogP contribution < -0.4 is 5.32 Å². The minimum Gasteiger partial charge on any atom is -0.369 e. The van der Waals surface area contributed by atoms with Gasteiger partial charge in [0.25, 0.3) is 0 Å². The number of nitrogens with one attached hydrogen (secondary N) is 2. The Hall–Kier alpha value is -2.22. The second kappa shape index (κ2) is 5.19. The van der Waals surface area contributed by atoms with E-state index in [2.05, 4.69) is 35.8 Å². The van der Waals surface area contributed by atoms with E-state index >= 15 is 0 Å². The molecule has 0 unspecified atom stereocenters. The van der Waals surface area contributed by atoms with Crippen molar-refractivity contribution >= 4 is 28.5 Å². The van der Waals surface area contributed by atoms with Gasteiger partial charge in [0.05, 0.1) is 17.8 Å². The van der Waals surface area contributed by atoms with Gasteiger partial charge in [-0.25, -0.2) is 0 Å². The third kappa shape index (κ3) is 2.63. The first-order valence-corrected chi connectivity index (χ1v) is 6.15. The van der Waals surface area contributed by atoms with Gasteiger partial charge in [0.1, 0.15) is 5.82 Å². The Morgan fingerprint density at radius 3 is 3.16 bits per heavy atom. The van der Waals surface area contributed by atoms with Crippen molar-refractivity contribution in [3.63, 3.8) is 0 Å². The number of aromatic nitrogens is 7. The Morgan fingerprint density at radius 2 is 2.32 bits per heavy atom. The Labute approximate surface area is 113 Å². The predicted molar refractivity (Wildman–Crippen MR) is 69.8 cm³/mol. The highest BCUT2D eigenvalue weighted by molar-refractivity contribution is 6.28. The fourth-order valence-electron chi connectivity index (χ4n) is 1.74. The molecular formula is C10H11ClN8. The second-order valence-corrected chi connectivity index (χ2v) is 4.26. The first-order valence-electron chi connectivity index (χ1n) is 5.77. The SMILES string of the molecule is Clc1nc(NCCCn2ccnn2)c2cn[nH]c2n1. The van der Waals surface area contributed by atoms with Gasteiger partial charge in [0.2, 0.25) is 5.28 Å². The van der Waals surface area contributed by atoms with E-state index in [4.69, 9.17) is 11.6 Å². The largest absolute Gasteiger partial charge is 0.369 e. The lowest BCUT2D eigenvalue weighted by Crippen LogP contribution is -2.08. The number of hydrogen-bond acceptors (Lipinski definition) is 6. The van der Waals surface area contributed by atoms with E-state index in [-0.39, 0.29) is 5.28 Å². The monoisotopic (exact) mass is 278 g/mol. The molecule has 2 N–H and O–H groups in total. The zero-order chi connectivity index (χ0) is 13.1. The number of fused-ring (bicyclic) bond motifs is 1. The average Bonchev–Trinajstić information content (AvgIpc) is 3.04. The van der Waals surface area contributed by atoms with Crippen molar-refractivity contribution in [2.24, 2.45) is 0 Å². The molecule has 0 radical (unpaired) electrons. The summed E-state index contributed by atoms with van der Waals surface area (Å²) in [5, 5.41) is 18.6. The minimum absolute atomic E-state index is 0.190. The molecule has 0 aliphatic carbocycles. The van der Waals surface area contributed by atoms with E-state index in [1.165, 1.54) is 0 Å². The maximum absolute atomic E-state index is 5.84. The normalized spacial score (nSPS) is 11.0. The van der Waals surface area contributed by atoms with Crippen molar-refractivity contribution in [1.29, 1.82) is 0 Å². The second-order valence-electron chi connectivity index (χ2n) is 3.92. The van der Waals surface area contributed by atoms with Crippen LogP contribution in [-0.2, 0) is 6.54 Å². The highest BCUT2D eigenvalue weighted by Gasteiger charge is 2.07. The molecule has 3 aromatic heterocycles. The lowest BCUT2D eigenvalue weighted by molar-refractivity contribution is 0.569. The summed E-state index contributed by atoms with van der Waals surface area (Å²) >= 11 is 5.84. The predicted octanol–water partition coefficient (Wildman–Crippen LogP) is 1.10. The van der Waals surface area contributed by atoms with Gasteiger partial charge in [0.15, 0.2) is 5.65 Å². The Balaban J connectivity index is 1.63. The van der Waals surface area contributed by atoms with E-state index in [0.717, 1.165) is 24.9 Å². The highest BCUT2D eigenvalue weighted by atomic mass is 35.5. The standard InChI is InChI=1S/C10H11ClN8/c11-10-15-8(7-6-14-17-9(7)16-10)12-2-1-4-19-5-3-13-18-19/h3,5-6H,1-2,4H2,(H2,12,14,15,16,17). The molecule has 19 heavy (non-hydrogen) atoms. The maximum atomic E-state index is 5.84. The third-order valence-electron chi connectivity index (χ3n) is 2.61. The van der Waals surface area contributed by atoms with Gasteiger partial charge in [-0.2, -0.15) is 15.1 Å². The van der Waals surface area contributed by atoms with Crippen LogP contribution in [0.15, 0.2) is 18.6 Å². The van der Waals surface area contributed by atoms with Crippen molar-refractivity contribution in [3.8, 4) is 0 Å². The van der Waals surface area contributed by atoms with E-state index in [1.807, 2.05) is 6.20 Å². The lowest BCUT2D eigenvalue weighted by atomic mass is 10.3. The molecule has 0 spiro atoms. The number of rotatable bonds is 5. The van der Waals surface area contributed by atoms with Crippen LogP contribution in [0.4, 0.5) is 5.82 Å². The molecular weight excluding hydrogens is 268 g/mol. The number of H-pyrrole nitrogens is 1. The summed E-state index contributed by atoms with van der Waals surface area (Å²) in [5.41, 5.74) is 0.624. The first-order chi connectivity index (χ1) is 9.33. The Kier molecular flexibility index (Phi) is 3.23. The molecule has 3 aromatic rings. The third-order valence-corrected chi connectivity index (χ3v) is 2.78. The molecule has 9 heteroatoms. The van der Waals surface area contributed by atoms with Crippen LogP contribution in [0.2, 0.25) is 5.28 Å². The molecule has 0 fully saturated rings. The fourth-order valence-corrected chi connectivity index (χ4v) is 1.91.